The molecule has 4 aromatic rings. The topological polar surface area (TPSA) is 88.9 Å². The molecule has 0 saturated heterocycles. The van der Waals surface area contributed by atoms with Crippen molar-refractivity contribution in [2.45, 2.75) is 63.0 Å². The Bertz CT molecular complexity index is 1840. The van der Waals surface area contributed by atoms with Crippen LogP contribution in [-0.2, 0) is 28.5 Å². The molecule has 0 radical (unpaired) electrons. The van der Waals surface area contributed by atoms with E-state index in [0.717, 1.165) is 25.0 Å². The number of halogens is 6. The van der Waals surface area contributed by atoms with Crippen LogP contribution in [0.3, 0.4) is 0 Å². The number of anilines is 1. The molecule has 244 valence electrons. The lowest BCUT2D eigenvalue weighted by Crippen LogP contribution is -2.35. The highest BCUT2D eigenvalue weighted by Crippen LogP contribution is 2.68. The number of nitrogens with one attached hydrogen (secondary N) is 2. The molecule has 0 spiro atoms. The largest absolute Gasteiger partial charge is 0.346 e. The van der Waals surface area contributed by atoms with Crippen LogP contribution in [0.4, 0.5) is 32.0 Å². The number of nitrogens with zero attached hydrogens (tertiary/aromatic N) is 3. The van der Waals surface area contributed by atoms with Crippen LogP contribution in [0.15, 0.2) is 60.8 Å². The number of carbonyl (C=O) groups excluding carboxylic acids is 2. The summed E-state index contributed by atoms with van der Waals surface area (Å²) in [6.45, 7) is -0.782. The maximum Gasteiger partial charge on any atom is 0.293 e. The Morgan fingerprint density at radius 2 is 1.70 bits per heavy atom. The average Bonchev–Trinajstić information content (AvgIpc) is 3.93. The fourth-order valence-electron chi connectivity index (χ4n) is 6.60. The van der Waals surface area contributed by atoms with E-state index in [0.29, 0.717) is 45.6 Å². The van der Waals surface area contributed by atoms with E-state index >= 15 is 8.78 Å². The predicted octanol–water partition coefficient (Wildman–Crippen LogP) is 7.21. The highest BCUT2D eigenvalue weighted by Gasteiger charge is 2.67. The van der Waals surface area contributed by atoms with E-state index in [2.05, 4.69) is 20.7 Å². The number of benzene rings is 2. The first kappa shape index (κ1) is 30.9. The number of fused-ring (bicyclic) bond motifs is 3. The third-order valence-corrected chi connectivity index (χ3v) is 8.98. The highest BCUT2D eigenvalue weighted by atomic mass is 19.3. The minimum Gasteiger partial charge on any atom is -0.346 e. The summed E-state index contributed by atoms with van der Waals surface area (Å²) in [5, 5.41) is 9.32. The van der Waals surface area contributed by atoms with Gasteiger partial charge >= 0.3 is 0 Å². The number of hydrogen-bond donors (Lipinski definition) is 2. The molecular weight excluding hydrogens is 624 g/mol. The number of rotatable bonds is 11. The van der Waals surface area contributed by atoms with Gasteiger partial charge in [0.05, 0.1) is 11.7 Å². The van der Waals surface area contributed by atoms with E-state index in [1.54, 1.807) is 36.4 Å². The lowest BCUT2D eigenvalue weighted by Gasteiger charge is -2.22. The molecule has 2 fully saturated rings. The van der Waals surface area contributed by atoms with Crippen LogP contribution in [0, 0.1) is 23.5 Å². The zero-order valence-electron chi connectivity index (χ0n) is 24.8. The fourth-order valence-corrected chi connectivity index (χ4v) is 6.60. The molecule has 47 heavy (non-hydrogen) atoms. The maximum absolute atomic E-state index is 15.1. The van der Waals surface area contributed by atoms with Crippen molar-refractivity contribution in [3.05, 3.63) is 101 Å². The van der Waals surface area contributed by atoms with E-state index in [-0.39, 0.29) is 29.9 Å². The number of pyridine rings is 1. The fraction of sp³-hybridized carbons (Fsp3) is 0.353. The quantitative estimate of drug-likeness (QED) is 0.168. The standard InChI is InChI=1S/C34H29F6N5O2/c35-20-10-18(11-21(36)14-20)12-26(43-28(47)16-45-32-29(31(44-45)33(37)38)24-15-25(24)34(32,39)40)30-23(2-1-9-41-30)19-5-7-22(8-6-19)42-27(46)13-17-3-4-17/h1-2,5-11,14,17,24-26,33H,3-4,12-13,15-16H2,(H,42,46)(H,43,47)/t24?,25?,26-/m0/s1. The second kappa shape index (κ2) is 11.8. The van der Waals surface area contributed by atoms with Gasteiger partial charge in [0.2, 0.25) is 11.8 Å². The van der Waals surface area contributed by atoms with E-state index < -0.39 is 65.7 Å². The van der Waals surface area contributed by atoms with Gasteiger partial charge in [-0.2, -0.15) is 13.9 Å². The van der Waals surface area contributed by atoms with Crippen molar-refractivity contribution >= 4 is 17.5 Å². The Morgan fingerprint density at radius 3 is 2.38 bits per heavy atom. The van der Waals surface area contributed by atoms with Gasteiger partial charge in [0.1, 0.15) is 29.6 Å². The van der Waals surface area contributed by atoms with Crippen LogP contribution in [-0.4, -0.2) is 26.6 Å². The van der Waals surface area contributed by atoms with Crippen molar-refractivity contribution in [1.82, 2.24) is 20.1 Å². The smallest absolute Gasteiger partial charge is 0.293 e. The first-order valence-corrected chi connectivity index (χ1v) is 15.3. The van der Waals surface area contributed by atoms with Gasteiger partial charge in [0.15, 0.2) is 0 Å². The molecule has 2 N–H and O–H groups in total. The van der Waals surface area contributed by atoms with Crippen LogP contribution in [0.5, 0.6) is 0 Å². The van der Waals surface area contributed by atoms with Crippen LogP contribution >= 0.6 is 0 Å². The molecule has 0 aliphatic heterocycles. The monoisotopic (exact) mass is 653 g/mol. The average molecular weight is 654 g/mol. The summed E-state index contributed by atoms with van der Waals surface area (Å²) in [5.41, 5.74) is 0.689. The van der Waals surface area contributed by atoms with Crippen LogP contribution in [0.1, 0.15) is 72.3 Å². The van der Waals surface area contributed by atoms with Crippen molar-refractivity contribution in [1.29, 1.82) is 0 Å². The summed E-state index contributed by atoms with van der Waals surface area (Å²) in [6.07, 6.45) is 0.876. The van der Waals surface area contributed by atoms with Gasteiger partial charge in [-0.05, 0) is 79.0 Å². The maximum atomic E-state index is 15.1. The zero-order chi connectivity index (χ0) is 33.0. The van der Waals surface area contributed by atoms with E-state index in [4.69, 9.17) is 0 Å². The Labute approximate surface area is 265 Å². The van der Waals surface area contributed by atoms with Gasteiger partial charge in [-0.25, -0.2) is 17.6 Å². The number of carbonyl (C=O) groups is 2. The van der Waals surface area contributed by atoms with Crippen LogP contribution in [0.25, 0.3) is 11.1 Å². The molecule has 2 amide bonds. The normalized spacial score (nSPS) is 19.6. The van der Waals surface area contributed by atoms with Crippen molar-refractivity contribution < 1.29 is 35.9 Å². The number of aromatic nitrogens is 3. The van der Waals surface area contributed by atoms with Gasteiger partial charge < -0.3 is 10.6 Å². The van der Waals surface area contributed by atoms with E-state index in [1.807, 2.05) is 0 Å². The van der Waals surface area contributed by atoms with Gasteiger partial charge in [-0.15, -0.1) is 0 Å². The molecule has 3 aliphatic rings. The van der Waals surface area contributed by atoms with Gasteiger partial charge in [-0.1, -0.05) is 18.2 Å². The molecule has 2 aromatic carbocycles. The van der Waals surface area contributed by atoms with Crippen LogP contribution < -0.4 is 10.6 Å². The summed E-state index contributed by atoms with van der Waals surface area (Å²) < 4.78 is 86.8. The minimum absolute atomic E-state index is 0.0781. The predicted molar refractivity (Wildman–Crippen MR) is 159 cm³/mol. The summed E-state index contributed by atoms with van der Waals surface area (Å²) >= 11 is 0. The van der Waals surface area contributed by atoms with Crippen molar-refractivity contribution in [2.24, 2.45) is 11.8 Å². The molecule has 13 heteroatoms. The molecule has 3 aliphatic carbocycles. The Morgan fingerprint density at radius 1 is 0.979 bits per heavy atom. The molecule has 7 nitrogen and oxygen atoms in total. The first-order chi connectivity index (χ1) is 22.5. The van der Waals surface area contributed by atoms with Gasteiger partial charge in [0, 0.05) is 41.4 Å². The summed E-state index contributed by atoms with van der Waals surface area (Å²) in [5.74, 6) is -7.37. The molecule has 2 heterocycles. The lowest BCUT2D eigenvalue weighted by molar-refractivity contribution is -0.123. The number of amides is 2. The van der Waals surface area contributed by atoms with Crippen molar-refractivity contribution in [3.63, 3.8) is 0 Å². The zero-order valence-corrected chi connectivity index (χ0v) is 24.8. The Kier molecular flexibility index (Phi) is 7.80. The van der Waals surface area contributed by atoms with E-state index in [9.17, 15) is 27.2 Å². The van der Waals surface area contributed by atoms with Gasteiger partial charge in [0.25, 0.3) is 12.3 Å². The Balaban J connectivity index is 1.18. The third-order valence-electron chi connectivity index (χ3n) is 8.98. The van der Waals surface area contributed by atoms with Crippen molar-refractivity contribution in [3.8, 4) is 11.1 Å². The van der Waals surface area contributed by atoms with Crippen LogP contribution in [0.2, 0.25) is 0 Å². The molecule has 2 unspecified atom stereocenters. The number of hydrogen-bond acceptors (Lipinski definition) is 4. The molecule has 2 saturated carbocycles. The summed E-state index contributed by atoms with van der Waals surface area (Å²) in [7, 11) is 0. The second-order valence-electron chi connectivity index (χ2n) is 12.5. The van der Waals surface area contributed by atoms with Crippen molar-refractivity contribution in [2.75, 3.05) is 5.32 Å². The summed E-state index contributed by atoms with van der Waals surface area (Å²) in [4.78, 5) is 30.2. The number of alkyl halides is 4. The third kappa shape index (κ3) is 6.22. The second-order valence-corrected chi connectivity index (χ2v) is 12.5. The minimum atomic E-state index is -3.41. The highest BCUT2D eigenvalue weighted by molar-refractivity contribution is 5.91. The van der Waals surface area contributed by atoms with E-state index in [1.165, 1.54) is 6.20 Å². The Hall–Kier alpha value is -4.68. The lowest BCUT2D eigenvalue weighted by atomic mass is 9.95. The first-order valence-electron chi connectivity index (χ1n) is 15.3. The SMILES string of the molecule is O=C(CC1CC1)Nc1ccc(-c2cccnc2[C@H](Cc2cc(F)cc(F)c2)NC(=O)Cn2nc(C(F)F)c3c2C(F)(F)C2CC32)cc1. The molecule has 3 atom stereocenters. The van der Waals surface area contributed by atoms with Gasteiger partial charge in [-0.3, -0.25) is 19.3 Å². The molecule has 7 rings (SSSR count). The molecule has 2 aromatic heterocycles. The molecular formula is C34H29F6N5O2. The summed E-state index contributed by atoms with van der Waals surface area (Å²) in [6, 6.07) is 12.2. The molecule has 0 bridgehead atoms.